The number of rotatable bonds is 5. The second kappa shape index (κ2) is 10.8. The Morgan fingerprint density at radius 1 is 0.844 bits per heavy atom. The van der Waals surface area contributed by atoms with E-state index in [1.54, 1.807) is 0 Å². The molecule has 32 heavy (non-hydrogen) atoms. The van der Waals surface area contributed by atoms with Gasteiger partial charge in [0.1, 0.15) is 0 Å². The molecule has 2 fully saturated rings. The summed E-state index contributed by atoms with van der Waals surface area (Å²) in [5, 5.41) is 7.18. The maximum atomic E-state index is 12.6. The summed E-state index contributed by atoms with van der Waals surface area (Å²) in [5.41, 5.74) is 4.13. The Hall–Kier alpha value is -2.60. The Morgan fingerprint density at radius 2 is 1.44 bits per heavy atom. The zero-order valence-corrected chi connectivity index (χ0v) is 19.8. The van der Waals surface area contributed by atoms with E-state index in [1.807, 2.05) is 29.2 Å². The van der Waals surface area contributed by atoms with E-state index in [9.17, 15) is 4.79 Å². The third-order valence-corrected chi connectivity index (χ3v) is 6.71. The molecule has 5 nitrogen and oxygen atoms in total. The molecule has 0 radical (unpaired) electrons. The van der Waals surface area contributed by atoms with Gasteiger partial charge in [0.05, 0.1) is 6.04 Å². The highest BCUT2D eigenvalue weighted by molar-refractivity contribution is 7.80. The minimum Gasteiger partial charge on any atom is -0.372 e. The summed E-state index contributed by atoms with van der Waals surface area (Å²) < 4.78 is 0. The van der Waals surface area contributed by atoms with Crippen LogP contribution in [0.3, 0.4) is 0 Å². The van der Waals surface area contributed by atoms with Gasteiger partial charge < -0.3 is 20.4 Å². The molecule has 1 unspecified atom stereocenters. The van der Waals surface area contributed by atoms with Crippen LogP contribution in [-0.2, 0) is 0 Å². The Labute approximate surface area is 197 Å². The first kappa shape index (κ1) is 22.6. The van der Waals surface area contributed by atoms with Crippen LogP contribution in [0.4, 0.5) is 11.4 Å². The monoisotopic (exact) mass is 450 g/mol. The molecule has 0 bridgehead atoms. The molecule has 0 aromatic heterocycles. The van der Waals surface area contributed by atoms with E-state index >= 15 is 0 Å². The van der Waals surface area contributed by atoms with Gasteiger partial charge >= 0.3 is 0 Å². The molecule has 2 N–H and O–H groups in total. The summed E-state index contributed by atoms with van der Waals surface area (Å²) in [6, 6.07) is 16.5. The minimum absolute atomic E-state index is 0.102. The molecule has 1 atom stereocenters. The number of amides is 1. The number of piperidine rings is 2. The maximum absolute atomic E-state index is 12.6. The topological polar surface area (TPSA) is 47.6 Å². The number of likely N-dealkylation sites (tertiary alicyclic amines) is 1. The van der Waals surface area contributed by atoms with E-state index in [4.69, 9.17) is 12.2 Å². The lowest BCUT2D eigenvalue weighted by molar-refractivity contribution is 0.0724. The molecular weight excluding hydrogens is 416 g/mol. The lowest BCUT2D eigenvalue weighted by Gasteiger charge is -2.29. The van der Waals surface area contributed by atoms with Crippen molar-refractivity contribution in [1.82, 2.24) is 10.2 Å². The molecule has 170 valence electrons. The lowest BCUT2D eigenvalue weighted by atomic mass is 10.1. The van der Waals surface area contributed by atoms with Crippen LogP contribution in [0.5, 0.6) is 0 Å². The highest BCUT2D eigenvalue weighted by atomic mass is 32.1. The van der Waals surface area contributed by atoms with Crippen molar-refractivity contribution in [3.63, 3.8) is 0 Å². The van der Waals surface area contributed by atoms with E-state index < -0.39 is 0 Å². The third kappa shape index (κ3) is 5.80. The molecule has 2 saturated heterocycles. The molecule has 0 spiro atoms. The molecule has 6 heteroatoms. The average molecular weight is 451 g/mol. The first-order chi connectivity index (χ1) is 15.6. The minimum atomic E-state index is 0.102. The number of anilines is 2. The maximum Gasteiger partial charge on any atom is 0.253 e. The second-order valence-corrected chi connectivity index (χ2v) is 9.30. The van der Waals surface area contributed by atoms with Crippen molar-refractivity contribution in [2.75, 3.05) is 36.4 Å². The second-order valence-electron chi connectivity index (χ2n) is 8.89. The normalized spacial score (nSPS) is 17.5. The van der Waals surface area contributed by atoms with Gasteiger partial charge in [-0.25, -0.2) is 0 Å². The predicted octanol–water partition coefficient (Wildman–Crippen LogP) is 5.35. The van der Waals surface area contributed by atoms with E-state index in [0.29, 0.717) is 5.11 Å². The predicted molar refractivity (Wildman–Crippen MR) is 136 cm³/mol. The van der Waals surface area contributed by atoms with Crippen molar-refractivity contribution in [1.29, 1.82) is 0 Å². The summed E-state index contributed by atoms with van der Waals surface area (Å²) in [6.45, 7) is 6.16. The van der Waals surface area contributed by atoms with Gasteiger partial charge in [-0.2, -0.15) is 0 Å². The van der Waals surface area contributed by atoms with Crippen LogP contribution in [0, 0.1) is 0 Å². The summed E-state index contributed by atoms with van der Waals surface area (Å²) in [4.78, 5) is 17.0. The van der Waals surface area contributed by atoms with Crippen LogP contribution in [0.1, 0.15) is 67.4 Å². The van der Waals surface area contributed by atoms with Crippen molar-refractivity contribution in [2.24, 2.45) is 0 Å². The van der Waals surface area contributed by atoms with Crippen LogP contribution in [0.2, 0.25) is 0 Å². The fourth-order valence-corrected chi connectivity index (χ4v) is 4.84. The van der Waals surface area contributed by atoms with Crippen LogP contribution in [-0.4, -0.2) is 42.1 Å². The number of carbonyl (C=O) groups excluding carboxylic acids is 1. The van der Waals surface area contributed by atoms with Gasteiger partial charge in [-0.05, 0) is 99.6 Å². The Kier molecular flexibility index (Phi) is 7.63. The largest absolute Gasteiger partial charge is 0.372 e. The molecule has 0 aliphatic carbocycles. The summed E-state index contributed by atoms with van der Waals surface area (Å²) >= 11 is 5.52. The highest BCUT2D eigenvalue weighted by Gasteiger charge is 2.18. The SMILES string of the molecule is CC(NC(=S)Nc1ccc(C(=O)N2CCCCC2)cc1)c1ccc(N2CCCCC2)cc1. The molecule has 2 aromatic carbocycles. The van der Waals surface area contributed by atoms with Gasteiger partial charge in [0.15, 0.2) is 5.11 Å². The smallest absolute Gasteiger partial charge is 0.253 e. The zero-order chi connectivity index (χ0) is 22.3. The van der Waals surface area contributed by atoms with Crippen molar-refractivity contribution in [2.45, 2.75) is 51.5 Å². The van der Waals surface area contributed by atoms with Gasteiger partial charge in [-0.1, -0.05) is 12.1 Å². The first-order valence-corrected chi connectivity index (χ1v) is 12.3. The number of nitrogens with one attached hydrogen (secondary N) is 2. The van der Waals surface area contributed by atoms with Gasteiger partial charge in [0, 0.05) is 43.1 Å². The Morgan fingerprint density at radius 3 is 2.06 bits per heavy atom. The van der Waals surface area contributed by atoms with E-state index in [2.05, 4.69) is 46.7 Å². The van der Waals surface area contributed by atoms with E-state index in [-0.39, 0.29) is 11.9 Å². The van der Waals surface area contributed by atoms with E-state index in [0.717, 1.165) is 50.3 Å². The molecule has 2 heterocycles. The molecule has 2 aromatic rings. The Bertz CT molecular complexity index is 900. The standard InChI is InChI=1S/C26H34N4OS/c1-20(21-10-14-24(15-11-21)29-16-4-2-5-17-29)27-26(32)28-23-12-8-22(9-13-23)25(31)30-18-6-3-7-19-30/h8-15,20H,2-7,16-19H2,1H3,(H2,27,28,32). The third-order valence-electron chi connectivity index (χ3n) is 6.49. The van der Waals surface area contributed by atoms with Crippen molar-refractivity contribution < 1.29 is 4.79 Å². The van der Waals surface area contributed by atoms with Gasteiger partial charge in [0.25, 0.3) is 5.91 Å². The highest BCUT2D eigenvalue weighted by Crippen LogP contribution is 2.23. The van der Waals surface area contributed by atoms with Crippen LogP contribution in [0.15, 0.2) is 48.5 Å². The lowest BCUT2D eigenvalue weighted by Crippen LogP contribution is -2.35. The van der Waals surface area contributed by atoms with Crippen LogP contribution in [0.25, 0.3) is 0 Å². The van der Waals surface area contributed by atoms with Crippen LogP contribution >= 0.6 is 12.2 Å². The number of thiocarbonyl (C=S) groups is 1. The van der Waals surface area contributed by atoms with Crippen molar-refractivity contribution >= 4 is 34.6 Å². The Balaban J connectivity index is 1.28. The average Bonchev–Trinajstić information content (AvgIpc) is 2.85. The molecule has 0 saturated carbocycles. The molecular formula is C26H34N4OS. The first-order valence-electron chi connectivity index (χ1n) is 11.9. The number of hydrogen-bond donors (Lipinski definition) is 2. The number of nitrogens with zero attached hydrogens (tertiary/aromatic N) is 2. The quantitative estimate of drug-likeness (QED) is 0.601. The molecule has 4 rings (SSSR count). The van der Waals surface area contributed by atoms with Gasteiger partial charge in [-0.15, -0.1) is 0 Å². The van der Waals surface area contributed by atoms with Crippen LogP contribution < -0.4 is 15.5 Å². The molecule has 2 aliphatic rings. The molecule has 1 amide bonds. The summed E-state index contributed by atoms with van der Waals surface area (Å²) in [7, 11) is 0. The number of hydrogen-bond acceptors (Lipinski definition) is 3. The summed E-state index contributed by atoms with van der Waals surface area (Å²) in [6.07, 6.45) is 7.34. The zero-order valence-electron chi connectivity index (χ0n) is 19.0. The van der Waals surface area contributed by atoms with Gasteiger partial charge in [0.2, 0.25) is 0 Å². The fraction of sp³-hybridized carbons (Fsp3) is 0.462. The van der Waals surface area contributed by atoms with E-state index in [1.165, 1.54) is 36.9 Å². The number of benzene rings is 2. The summed E-state index contributed by atoms with van der Waals surface area (Å²) in [5.74, 6) is 0.124. The van der Waals surface area contributed by atoms with Crippen molar-refractivity contribution in [3.8, 4) is 0 Å². The van der Waals surface area contributed by atoms with Crippen molar-refractivity contribution in [3.05, 3.63) is 59.7 Å². The molecule has 2 aliphatic heterocycles. The number of carbonyl (C=O) groups is 1. The van der Waals surface area contributed by atoms with Gasteiger partial charge in [-0.3, -0.25) is 4.79 Å². The fourth-order valence-electron chi connectivity index (χ4n) is 4.55.